The van der Waals surface area contributed by atoms with Crippen LogP contribution in [-0.4, -0.2) is 31.0 Å². The van der Waals surface area contributed by atoms with E-state index in [0.29, 0.717) is 11.4 Å². The maximum atomic E-state index is 11.7. The first kappa shape index (κ1) is 16.2. The van der Waals surface area contributed by atoms with Gasteiger partial charge in [0.2, 0.25) is 0 Å². The molecule has 1 saturated carbocycles. The zero-order chi connectivity index (χ0) is 15.6. The maximum absolute atomic E-state index is 11.7. The Hall–Kier alpha value is -1.14. The van der Waals surface area contributed by atoms with Gasteiger partial charge < -0.3 is 10.5 Å². The number of aryl methyl sites for hydroxylation is 1. The quantitative estimate of drug-likeness (QED) is 0.860. The van der Waals surface area contributed by atoms with Gasteiger partial charge in [0.25, 0.3) is 0 Å². The maximum Gasteiger partial charge on any atom is 0.150 e. The molecule has 0 heterocycles. The van der Waals surface area contributed by atoms with Gasteiger partial charge >= 0.3 is 0 Å². The van der Waals surface area contributed by atoms with Crippen molar-refractivity contribution in [1.29, 1.82) is 0 Å². The largest absolute Gasteiger partial charge is 0.490 e. The molecule has 6 heteroatoms. The second-order valence-corrected chi connectivity index (χ2v) is 8.47. The summed E-state index contributed by atoms with van der Waals surface area (Å²) in [5, 5.41) is -0.296. The molecule has 0 aromatic heterocycles. The van der Waals surface area contributed by atoms with Gasteiger partial charge in [0.05, 0.1) is 11.4 Å². The van der Waals surface area contributed by atoms with Crippen molar-refractivity contribution in [2.45, 2.75) is 44.0 Å². The molecule has 0 aliphatic heterocycles. The van der Waals surface area contributed by atoms with Crippen LogP contribution in [0.25, 0.3) is 0 Å². The molecule has 0 saturated heterocycles. The van der Waals surface area contributed by atoms with Crippen LogP contribution in [0, 0.1) is 6.92 Å². The normalized spacial score (nSPS) is 22.8. The van der Waals surface area contributed by atoms with Crippen LogP contribution in [0.4, 0.5) is 0 Å². The average molecular weight is 327 g/mol. The second kappa shape index (κ2) is 6.32. The number of ether oxygens (including phenoxy) is 1. The lowest BCUT2D eigenvalue weighted by molar-refractivity contribution is 0.155. The summed E-state index contributed by atoms with van der Waals surface area (Å²) < 4.78 is 29.4. The molecule has 2 N–H and O–H groups in total. The van der Waals surface area contributed by atoms with Crippen LogP contribution in [0.5, 0.6) is 5.75 Å². The SMILES string of the molecule is Cc1ccc(C(N)=S)cc1OC1CCCC(S(C)(=O)=O)C1. The van der Waals surface area contributed by atoms with E-state index in [2.05, 4.69) is 0 Å². The predicted octanol–water partition coefficient (Wildman–Crippen LogP) is 2.36. The summed E-state index contributed by atoms with van der Waals surface area (Å²) in [6.07, 6.45) is 4.26. The van der Waals surface area contributed by atoms with Crippen LogP contribution < -0.4 is 10.5 Å². The molecule has 0 radical (unpaired) electrons. The van der Waals surface area contributed by atoms with Gasteiger partial charge in [0.15, 0.2) is 0 Å². The second-order valence-electron chi connectivity index (χ2n) is 5.70. The Labute approximate surface area is 131 Å². The fourth-order valence-electron chi connectivity index (χ4n) is 2.66. The number of hydrogen-bond donors (Lipinski definition) is 1. The highest BCUT2D eigenvalue weighted by atomic mass is 32.2. The summed E-state index contributed by atoms with van der Waals surface area (Å²) >= 11 is 4.98. The van der Waals surface area contributed by atoms with Gasteiger partial charge in [0, 0.05) is 18.2 Å². The first-order valence-corrected chi connectivity index (χ1v) is 9.39. The third-order valence-electron chi connectivity index (χ3n) is 3.95. The van der Waals surface area contributed by atoms with Crippen LogP contribution in [0.1, 0.15) is 36.8 Å². The standard InChI is InChI=1S/C15H21NO3S2/c1-10-6-7-11(15(16)20)8-14(10)19-12-4-3-5-13(9-12)21(2,17)18/h6-8,12-13H,3-5,9H2,1-2H3,(H2,16,20). The smallest absolute Gasteiger partial charge is 0.150 e. The Morgan fingerprint density at radius 3 is 2.71 bits per heavy atom. The molecule has 21 heavy (non-hydrogen) atoms. The Balaban J connectivity index is 2.14. The molecule has 2 atom stereocenters. The monoisotopic (exact) mass is 327 g/mol. The lowest BCUT2D eigenvalue weighted by Gasteiger charge is -2.29. The van der Waals surface area contributed by atoms with E-state index in [1.54, 1.807) is 0 Å². The van der Waals surface area contributed by atoms with Gasteiger partial charge in [-0.3, -0.25) is 0 Å². The van der Waals surface area contributed by atoms with E-state index in [4.69, 9.17) is 22.7 Å². The van der Waals surface area contributed by atoms with E-state index < -0.39 is 9.84 Å². The zero-order valence-corrected chi connectivity index (χ0v) is 14.0. The summed E-state index contributed by atoms with van der Waals surface area (Å²) in [6.45, 7) is 1.95. The molecule has 1 aromatic rings. The van der Waals surface area contributed by atoms with E-state index in [0.717, 1.165) is 36.1 Å². The van der Waals surface area contributed by atoms with Gasteiger partial charge in [-0.25, -0.2) is 8.42 Å². The van der Waals surface area contributed by atoms with Crippen LogP contribution in [0.3, 0.4) is 0 Å². The van der Waals surface area contributed by atoms with Crippen molar-refractivity contribution in [3.63, 3.8) is 0 Å². The summed E-state index contributed by atoms with van der Waals surface area (Å²) in [5.74, 6) is 0.736. The van der Waals surface area contributed by atoms with Crippen LogP contribution >= 0.6 is 12.2 Å². The number of hydrogen-bond acceptors (Lipinski definition) is 4. The van der Waals surface area contributed by atoms with Crippen molar-refractivity contribution in [3.05, 3.63) is 29.3 Å². The minimum atomic E-state index is -3.00. The third kappa shape index (κ3) is 4.17. The van der Waals surface area contributed by atoms with Gasteiger partial charge in [0.1, 0.15) is 20.6 Å². The first-order chi connectivity index (χ1) is 9.77. The Bertz CT molecular complexity index is 640. The highest BCUT2D eigenvalue weighted by Crippen LogP contribution is 2.29. The fraction of sp³-hybridized carbons (Fsp3) is 0.533. The minimum absolute atomic E-state index is 0.0706. The number of sulfone groups is 1. The van der Waals surface area contributed by atoms with Crippen molar-refractivity contribution >= 4 is 27.0 Å². The van der Waals surface area contributed by atoms with Gasteiger partial charge in [-0.15, -0.1) is 0 Å². The average Bonchev–Trinajstić information content (AvgIpc) is 2.40. The van der Waals surface area contributed by atoms with Crippen molar-refractivity contribution in [2.24, 2.45) is 5.73 Å². The lowest BCUT2D eigenvalue weighted by atomic mass is 9.97. The molecule has 0 spiro atoms. The summed E-state index contributed by atoms with van der Waals surface area (Å²) in [5.41, 5.74) is 7.40. The van der Waals surface area contributed by atoms with E-state index >= 15 is 0 Å². The molecular weight excluding hydrogens is 306 g/mol. The molecule has 0 amide bonds. The van der Waals surface area contributed by atoms with E-state index in [1.165, 1.54) is 6.26 Å². The number of benzene rings is 1. The summed E-state index contributed by atoms with van der Waals surface area (Å²) in [4.78, 5) is 0.331. The summed E-state index contributed by atoms with van der Waals surface area (Å²) in [7, 11) is -3.00. The van der Waals surface area contributed by atoms with E-state index in [-0.39, 0.29) is 11.4 Å². The first-order valence-electron chi connectivity index (χ1n) is 7.03. The van der Waals surface area contributed by atoms with Crippen LogP contribution in [0.2, 0.25) is 0 Å². The Kier molecular flexibility index (Phi) is 4.88. The molecule has 1 aliphatic carbocycles. The molecule has 1 aromatic carbocycles. The van der Waals surface area contributed by atoms with E-state index in [9.17, 15) is 8.42 Å². The summed E-state index contributed by atoms with van der Waals surface area (Å²) in [6, 6.07) is 5.62. The number of nitrogens with two attached hydrogens (primary N) is 1. The van der Waals surface area contributed by atoms with Gasteiger partial charge in [-0.1, -0.05) is 24.4 Å². The van der Waals surface area contributed by atoms with E-state index in [1.807, 2.05) is 25.1 Å². The predicted molar refractivity (Wildman–Crippen MR) is 88.6 cm³/mol. The highest BCUT2D eigenvalue weighted by Gasteiger charge is 2.30. The zero-order valence-electron chi connectivity index (χ0n) is 12.3. The molecule has 0 bridgehead atoms. The molecule has 2 rings (SSSR count). The lowest BCUT2D eigenvalue weighted by Crippen LogP contribution is -2.33. The highest BCUT2D eigenvalue weighted by molar-refractivity contribution is 7.91. The number of thiocarbonyl (C=S) groups is 1. The molecule has 116 valence electrons. The molecule has 2 unspecified atom stereocenters. The van der Waals surface area contributed by atoms with Gasteiger partial charge in [-0.05, 0) is 37.8 Å². The third-order valence-corrected chi connectivity index (χ3v) is 5.82. The molecule has 1 aliphatic rings. The molecule has 1 fully saturated rings. The topological polar surface area (TPSA) is 69.4 Å². The molecule has 4 nitrogen and oxygen atoms in total. The fourth-order valence-corrected chi connectivity index (χ4v) is 3.94. The van der Waals surface area contributed by atoms with Crippen LogP contribution in [0.15, 0.2) is 18.2 Å². The Morgan fingerprint density at radius 1 is 1.38 bits per heavy atom. The minimum Gasteiger partial charge on any atom is -0.490 e. The Morgan fingerprint density at radius 2 is 2.10 bits per heavy atom. The van der Waals surface area contributed by atoms with Crippen molar-refractivity contribution < 1.29 is 13.2 Å². The van der Waals surface area contributed by atoms with Crippen molar-refractivity contribution in [3.8, 4) is 5.75 Å². The van der Waals surface area contributed by atoms with Crippen LogP contribution in [-0.2, 0) is 9.84 Å². The number of rotatable bonds is 4. The van der Waals surface area contributed by atoms with Crippen molar-refractivity contribution in [1.82, 2.24) is 0 Å². The molecular formula is C15H21NO3S2. The van der Waals surface area contributed by atoms with Gasteiger partial charge in [-0.2, -0.15) is 0 Å². The van der Waals surface area contributed by atoms with Crippen molar-refractivity contribution in [2.75, 3.05) is 6.26 Å².